The maximum Gasteiger partial charge on any atom is 0.276 e. The fourth-order valence-electron chi connectivity index (χ4n) is 3.14. The van der Waals surface area contributed by atoms with E-state index in [0.717, 1.165) is 17.3 Å². The number of halogens is 1. The second-order valence-corrected chi connectivity index (χ2v) is 9.10. The van der Waals surface area contributed by atoms with Crippen LogP contribution in [0.4, 0.5) is 10.1 Å². The fraction of sp³-hybridized carbons (Fsp3) is 0.174. The average molecular weight is 454 g/mol. The van der Waals surface area contributed by atoms with Gasteiger partial charge in [-0.15, -0.1) is 11.3 Å². The van der Waals surface area contributed by atoms with Crippen molar-refractivity contribution < 1.29 is 9.18 Å². The van der Waals surface area contributed by atoms with Gasteiger partial charge in [0.05, 0.1) is 17.0 Å². The van der Waals surface area contributed by atoms with Gasteiger partial charge in [-0.3, -0.25) is 14.2 Å². The van der Waals surface area contributed by atoms with Crippen LogP contribution < -0.4 is 10.9 Å². The molecule has 2 aromatic heterocycles. The van der Waals surface area contributed by atoms with Crippen LogP contribution in [0.1, 0.15) is 25.3 Å². The van der Waals surface area contributed by atoms with E-state index >= 15 is 0 Å². The van der Waals surface area contributed by atoms with Gasteiger partial charge in [0.15, 0.2) is 5.16 Å². The van der Waals surface area contributed by atoms with Gasteiger partial charge < -0.3 is 5.32 Å². The molecule has 4 aromatic rings. The summed E-state index contributed by atoms with van der Waals surface area (Å²) in [6.45, 7) is 4.18. The predicted octanol–water partition coefficient (Wildman–Crippen LogP) is 5.44. The number of fused-ring (bicyclic) bond motifs is 1. The maximum absolute atomic E-state index is 14.5. The van der Waals surface area contributed by atoms with Crippen LogP contribution in [0.3, 0.4) is 0 Å². The van der Waals surface area contributed by atoms with E-state index in [0.29, 0.717) is 21.8 Å². The number of nitrogens with zero attached hydrogens (tertiary/aromatic N) is 2. The molecule has 0 bridgehead atoms. The second kappa shape index (κ2) is 9.03. The number of para-hydroxylation sites is 1. The summed E-state index contributed by atoms with van der Waals surface area (Å²) in [5.74, 6) is -0.379. The number of carbonyl (C=O) groups excluding carboxylic acids is 1. The molecule has 5 nitrogen and oxygen atoms in total. The zero-order valence-electron chi connectivity index (χ0n) is 17.0. The molecule has 2 heterocycles. The third-order valence-electron chi connectivity index (χ3n) is 4.71. The van der Waals surface area contributed by atoms with E-state index in [1.807, 2.05) is 24.3 Å². The minimum atomic E-state index is -0.529. The van der Waals surface area contributed by atoms with Crippen molar-refractivity contribution in [3.05, 3.63) is 81.7 Å². The normalized spacial score (nSPS) is 11.2. The van der Waals surface area contributed by atoms with Crippen LogP contribution in [0.25, 0.3) is 15.9 Å². The third kappa shape index (κ3) is 4.55. The molecule has 0 aliphatic carbocycles. The summed E-state index contributed by atoms with van der Waals surface area (Å²) < 4.78 is 16.2. The van der Waals surface area contributed by atoms with Crippen molar-refractivity contribution in [2.45, 2.75) is 24.9 Å². The zero-order chi connectivity index (χ0) is 22.0. The molecule has 0 spiro atoms. The minimum absolute atomic E-state index is 0.0302. The van der Waals surface area contributed by atoms with Crippen LogP contribution in [-0.2, 0) is 4.79 Å². The van der Waals surface area contributed by atoms with Crippen LogP contribution in [0, 0.1) is 5.82 Å². The summed E-state index contributed by atoms with van der Waals surface area (Å²) >= 11 is 2.36. The lowest BCUT2D eigenvalue weighted by atomic mass is 10.0. The van der Waals surface area contributed by atoms with Crippen molar-refractivity contribution >= 4 is 44.9 Å². The number of rotatable bonds is 6. The number of nitrogens with one attached hydrogen (secondary N) is 1. The van der Waals surface area contributed by atoms with Crippen molar-refractivity contribution in [3.8, 4) is 5.69 Å². The first-order valence-corrected chi connectivity index (χ1v) is 11.6. The van der Waals surface area contributed by atoms with Crippen molar-refractivity contribution in [1.82, 2.24) is 9.55 Å². The molecule has 158 valence electrons. The Morgan fingerprint density at radius 2 is 2.00 bits per heavy atom. The lowest BCUT2D eigenvalue weighted by Gasteiger charge is -2.13. The number of hydrogen-bond donors (Lipinski definition) is 1. The summed E-state index contributed by atoms with van der Waals surface area (Å²) in [6.07, 6.45) is 0. The molecule has 0 saturated heterocycles. The molecule has 0 aliphatic heterocycles. The standard InChI is InChI=1S/C23H20FN3O2S2/c1-14(2)15-6-5-7-16(12-15)25-20(28)13-31-23-26-18-10-11-30-21(18)22(29)27(23)19-9-4-3-8-17(19)24/h3-12,14H,13H2,1-2H3,(H,25,28). The summed E-state index contributed by atoms with van der Waals surface area (Å²) in [5, 5.41) is 4.92. The monoisotopic (exact) mass is 453 g/mol. The predicted molar refractivity (Wildman–Crippen MR) is 125 cm³/mol. The Morgan fingerprint density at radius 3 is 2.77 bits per heavy atom. The van der Waals surface area contributed by atoms with Gasteiger partial charge in [0.25, 0.3) is 5.56 Å². The minimum Gasteiger partial charge on any atom is -0.325 e. The molecule has 1 amide bonds. The van der Waals surface area contributed by atoms with Gasteiger partial charge in [-0.2, -0.15) is 0 Å². The Morgan fingerprint density at radius 1 is 1.19 bits per heavy atom. The highest BCUT2D eigenvalue weighted by Gasteiger charge is 2.18. The summed E-state index contributed by atoms with van der Waals surface area (Å²) in [7, 11) is 0. The van der Waals surface area contributed by atoms with Crippen LogP contribution in [0.15, 0.2) is 69.9 Å². The molecule has 0 unspecified atom stereocenters. The Labute approximate surface area is 187 Å². The Hall–Kier alpha value is -2.97. The van der Waals surface area contributed by atoms with Crippen molar-refractivity contribution in [2.24, 2.45) is 0 Å². The first-order chi connectivity index (χ1) is 14.9. The van der Waals surface area contributed by atoms with Gasteiger partial charge >= 0.3 is 0 Å². The van der Waals surface area contributed by atoms with E-state index in [1.165, 1.54) is 28.0 Å². The molecule has 0 fully saturated rings. The number of thioether (sulfide) groups is 1. The van der Waals surface area contributed by atoms with E-state index in [1.54, 1.807) is 23.6 Å². The zero-order valence-corrected chi connectivity index (χ0v) is 18.6. The molecule has 1 N–H and O–H groups in total. The summed E-state index contributed by atoms with van der Waals surface area (Å²) in [4.78, 5) is 30.1. The molecule has 8 heteroatoms. The number of hydrogen-bond acceptors (Lipinski definition) is 5. The highest BCUT2D eigenvalue weighted by molar-refractivity contribution is 7.99. The number of amides is 1. The molecule has 0 radical (unpaired) electrons. The maximum atomic E-state index is 14.5. The van der Waals surface area contributed by atoms with Gasteiger partial charge in [0.1, 0.15) is 10.5 Å². The first-order valence-electron chi connectivity index (χ1n) is 9.72. The molecule has 4 rings (SSSR count). The smallest absolute Gasteiger partial charge is 0.276 e. The van der Waals surface area contributed by atoms with Gasteiger partial charge in [0, 0.05) is 5.69 Å². The highest BCUT2D eigenvalue weighted by atomic mass is 32.2. The topological polar surface area (TPSA) is 64.0 Å². The van der Waals surface area contributed by atoms with Crippen molar-refractivity contribution in [1.29, 1.82) is 0 Å². The van der Waals surface area contributed by atoms with Gasteiger partial charge in [0.2, 0.25) is 5.91 Å². The SMILES string of the molecule is CC(C)c1cccc(NC(=O)CSc2nc3ccsc3c(=O)n2-c2ccccc2F)c1. The number of anilines is 1. The van der Waals surface area contributed by atoms with Crippen molar-refractivity contribution in [2.75, 3.05) is 11.1 Å². The Bertz CT molecular complexity index is 1310. The van der Waals surface area contributed by atoms with E-state index in [-0.39, 0.29) is 28.1 Å². The van der Waals surface area contributed by atoms with Gasteiger partial charge in [-0.25, -0.2) is 9.37 Å². The number of thiophene rings is 1. The molecule has 31 heavy (non-hydrogen) atoms. The first kappa shape index (κ1) is 21.3. The van der Waals surface area contributed by atoms with Gasteiger partial charge in [-0.05, 0) is 47.2 Å². The van der Waals surface area contributed by atoms with Crippen LogP contribution >= 0.6 is 23.1 Å². The largest absolute Gasteiger partial charge is 0.325 e. The van der Waals surface area contributed by atoms with E-state index in [2.05, 4.69) is 24.1 Å². The fourth-order valence-corrected chi connectivity index (χ4v) is 4.70. The lowest BCUT2D eigenvalue weighted by molar-refractivity contribution is -0.113. The van der Waals surface area contributed by atoms with Crippen molar-refractivity contribution in [3.63, 3.8) is 0 Å². The van der Waals surface area contributed by atoms with Crippen LogP contribution in [-0.4, -0.2) is 21.2 Å². The van der Waals surface area contributed by atoms with Crippen LogP contribution in [0.2, 0.25) is 0 Å². The number of aromatic nitrogens is 2. The highest BCUT2D eigenvalue weighted by Crippen LogP contribution is 2.25. The molecular formula is C23H20FN3O2S2. The van der Waals surface area contributed by atoms with Crippen LogP contribution in [0.5, 0.6) is 0 Å². The third-order valence-corrected chi connectivity index (χ3v) is 6.54. The second-order valence-electron chi connectivity index (χ2n) is 7.24. The average Bonchev–Trinajstić information content (AvgIpc) is 3.22. The van der Waals surface area contributed by atoms with E-state index in [9.17, 15) is 14.0 Å². The Balaban J connectivity index is 1.62. The molecular weight excluding hydrogens is 433 g/mol. The number of carbonyl (C=O) groups is 1. The Kier molecular flexibility index (Phi) is 6.20. The summed E-state index contributed by atoms with van der Waals surface area (Å²) in [5.41, 5.74) is 2.14. The molecule has 0 saturated carbocycles. The molecule has 0 aliphatic rings. The number of benzene rings is 2. The quantitative estimate of drug-likeness (QED) is 0.312. The van der Waals surface area contributed by atoms with Gasteiger partial charge in [-0.1, -0.05) is 49.9 Å². The molecule has 0 atom stereocenters. The lowest BCUT2D eigenvalue weighted by Crippen LogP contribution is -2.23. The van der Waals surface area contributed by atoms with E-state index in [4.69, 9.17) is 0 Å². The van der Waals surface area contributed by atoms with E-state index < -0.39 is 5.82 Å². The molecule has 2 aromatic carbocycles. The summed E-state index contributed by atoms with van der Waals surface area (Å²) in [6, 6.07) is 15.5.